The van der Waals surface area contributed by atoms with E-state index in [-0.39, 0.29) is 0 Å². The summed E-state index contributed by atoms with van der Waals surface area (Å²) in [5, 5.41) is 10.4. The van der Waals surface area contributed by atoms with Crippen molar-refractivity contribution < 1.29 is 4.74 Å². The molecule has 0 fully saturated rings. The van der Waals surface area contributed by atoms with Gasteiger partial charge in [0.15, 0.2) is 0 Å². The third-order valence-electron chi connectivity index (χ3n) is 4.77. The van der Waals surface area contributed by atoms with Gasteiger partial charge in [0.2, 0.25) is 0 Å². The number of nitrogens with zero attached hydrogens (tertiary/aromatic N) is 3. The Morgan fingerprint density at radius 2 is 2.24 bits per heavy atom. The van der Waals surface area contributed by atoms with Crippen molar-refractivity contribution in [3.63, 3.8) is 0 Å². The smallest absolute Gasteiger partial charge is 0.143 e. The van der Waals surface area contributed by atoms with E-state index in [2.05, 4.69) is 28.3 Å². The van der Waals surface area contributed by atoms with Crippen molar-refractivity contribution in [2.24, 2.45) is 0 Å². The van der Waals surface area contributed by atoms with Crippen molar-refractivity contribution in [1.29, 1.82) is 5.26 Å². The molecule has 0 bridgehead atoms. The Kier molecular flexibility index (Phi) is 3.99. The van der Waals surface area contributed by atoms with Gasteiger partial charge in [0.05, 0.1) is 18.2 Å². The quantitative estimate of drug-likeness (QED) is 0.665. The highest BCUT2D eigenvalue weighted by molar-refractivity contribution is 5.87. The van der Waals surface area contributed by atoms with Crippen LogP contribution in [0.4, 0.5) is 0 Å². The third-order valence-corrected chi connectivity index (χ3v) is 4.77. The van der Waals surface area contributed by atoms with Crippen molar-refractivity contribution in [2.45, 2.75) is 25.8 Å². The molecule has 0 radical (unpaired) electrons. The van der Waals surface area contributed by atoms with E-state index in [1.807, 2.05) is 24.3 Å². The lowest BCUT2D eigenvalue weighted by Crippen LogP contribution is -2.07. The van der Waals surface area contributed by atoms with E-state index >= 15 is 0 Å². The first-order valence-electron chi connectivity index (χ1n) is 8.53. The molecule has 1 aliphatic carbocycles. The van der Waals surface area contributed by atoms with Crippen LogP contribution >= 0.6 is 0 Å². The fourth-order valence-corrected chi connectivity index (χ4v) is 3.70. The van der Waals surface area contributed by atoms with Crippen LogP contribution in [0, 0.1) is 11.3 Å². The Balaban J connectivity index is 1.81. The predicted molar refractivity (Wildman–Crippen MR) is 97.7 cm³/mol. The van der Waals surface area contributed by atoms with E-state index in [0.717, 1.165) is 24.3 Å². The van der Waals surface area contributed by atoms with Gasteiger partial charge in [0.25, 0.3) is 0 Å². The average molecular weight is 329 g/mol. The standard InChI is InChI=1S/C21H19N3O/c1-2-11-25-21-7-4-10-23-18(21)14-24-19-6-3-5-16(19)17-12-15(13-22)8-9-20(17)24/h2,4,7-10,12H,1,3,5-6,11,14H2. The minimum Gasteiger partial charge on any atom is -0.488 e. The molecule has 124 valence electrons. The van der Waals surface area contributed by atoms with E-state index < -0.39 is 0 Å². The van der Waals surface area contributed by atoms with Gasteiger partial charge in [-0.05, 0) is 55.2 Å². The Morgan fingerprint density at radius 3 is 3.08 bits per heavy atom. The topological polar surface area (TPSA) is 50.8 Å². The molecule has 0 saturated heterocycles. The maximum absolute atomic E-state index is 9.22. The first-order valence-corrected chi connectivity index (χ1v) is 8.53. The molecule has 0 atom stereocenters. The molecule has 2 aromatic heterocycles. The lowest BCUT2D eigenvalue weighted by Gasteiger charge is -2.13. The number of hydrogen-bond acceptors (Lipinski definition) is 3. The fraction of sp³-hybridized carbons (Fsp3) is 0.238. The monoisotopic (exact) mass is 329 g/mol. The summed E-state index contributed by atoms with van der Waals surface area (Å²) in [5.74, 6) is 0.796. The summed E-state index contributed by atoms with van der Waals surface area (Å²) >= 11 is 0. The minimum atomic E-state index is 0.467. The van der Waals surface area contributed by atoms with Crippen LogP contribution in [0.2, 0.25) is 0 Å². The van der Waals surface area contributed by atoms with Crippen LogP contribution in [0.25, 0.3) is 10.9 Å². The largest absolute Gasteiger partial charge is 0.488 e. The Morgan fingerprint density at radius 1 is 1.32 bits per heavy atom. The van der Waals surface area contributed by atoms with Crippen molar-refractivity contribution >= 4 is 10.9 Å². The maximum atomic E-state index is 9.22. The van der Waals surface area contributed by atoms with Gasteiger partial charge in [0, 0.05) is 22.8 Å². The Bertz CT molecular complexity index is 994. The number of fused-ring (bicyclic) bond motifs is 3. The second-order valence-corrected chi connectivity index (χ2v) is 6.26. The number of nitriles is 1. The molecule has 0 saturated carbocycles. The highest BCUT2D eigenvalue weighted by atomic mass is 16.5. The molecule has 0 spiro atoms. The molecule has 2 heterocycles. The van der Waals surface area contributed by atoms with Crippen LogP contribution in [0.3, 0.4) is 0 Å². The Hall–Kier alpha value is -3.06. The van der Waals surface area contributed by atoms with E-state index in [0.29, 0.717) is 18.7 Å². The predicted octanol–water partition coefficient (Wildman–Crippen LogP) is 4.01. The van der Waals surface area contributed by atoms with Crippen LogP contribution in [-0.4, -0.2) is 16.2 Å². The minimum absolute atomic E-state index is 0.467. The summed E-state index contributed by atoms with van der Waals surface area (Å²) in [6.07, 6.45) is 6.86. The molecule has 0 unspecified atom stereocenters. The van der Waals surface area contributed by atoms with Crippen LogP contribution < -0.4 is 4.74 Å². The van der Waals surface area contributed by atoms with Crippen LogP contribution in [-0.2, 0) is 19.4 Å². The van der Waals surface area contributed by atoms with Crippen LogP contribution in [0.5, 0.6) is 5.75 Å². The lowest BCUT2D eigenvalue weighted by molar-refractivity contribution is 0.356. The number of rotatable bonds is 5. The maximum Gasteiger partial charge on any atom is 0.143 e. The third kappa shape index (κ3) is 2.68. The summed E-state index contributed by atoms with van der Waals surface area (Å²) in [6.45, 7) is 4.85. The average Bonchev–Trinajstić information content (AvgIpc) is 3.23. The molecular formula is C21H19N3O. The van der Waals surface area contributed by atoms with E-state index in [4.69, 9.17) is 4.74 Å². The van der Waals surface area contributed by atoms with Crippen molar-refractivity contribution in [2.75, 3.05) is 6.61 Å². The summed E-state index contributed by atoms with van der Waals surface area (Å²) in [4.78, 5) is 4.54. The molecule has 3 aromatic rings. The van der Waals surface area contributed by atoms with Crippen molar-refractivity contribution in [3.8, 4) is 11.8 Å². The molecule has 0 aliphatic heterocycles. The first-order chi connectivity index (χ1) is 12.3. The molecule has 1 aromatic carbocycles. The molecule has 0 N–H and O–H groups in total. The molecule has 4 heteroatoms. The van der Waals surface area contributed by atoms with Crippen LogP contribution in [0.1, 0.15) is 28.9 Å². The Labute approximate surface area is 147 Å². The van der Waals surface area contributed by atoms with E-state index in [9.17, 15) is 5.26 Å². The summed E-state index contributed by atoms with van der Waals surface area (Å²) in [5.41, 5.74) is 5.55. The van der Waals surface area contributed by atoms with Crippen molar-refractivity contribution in [1.82, 2.24) is 9.55 Å². The van der Waals surface area contributed by atoms with Gasteiger partial charge in [0.1, 0.15) is 18.1 Å². The SMILES string of the molecule is C=CCOc1cccnc1Cn1c2c(c3cc(C#N)ccc31)CCC2. The molecule has 25 heavy (non-hydrogen) atoms. The second kappa shape index (κ2) is 6.45. The van der Waals surface area contributed by atoms with Gasteiger partial charge >= 0.3 is 0 Å². The number of aromatic nitrogens is 2. The lowest BCUT2D eigenvalue weighted by atomic mass is 10.1. The molecule has 4 nitrogen and oxygen atoms in total. The summed E-state index contributed by atoms with van der Waals surface area (Å²) in [7, 11) is 0. The van der Waals surface area contributed by atoms with Gasteiger partial charge in [-0.3, -0.25) is 4.98 Å². The molecule has 1 aliphatic rings. The number of hydrogen-bond donors (Lipinski definition) is 0. The van der Waals surface area contributed by atoms with E-state index in [1.54, 1.807) is 12.3 Å². The number of pyridine rings is 1. The fourth-order valence-electron chi connectivity index (χ4n) is 3.70. The molecule has 0 amide bonds. The molecular weight excluding hydrogens is 310 g/mol. The van der Waals surface area contributed by atoms with Crippen molar-refractivity contribution in [3.05, 3.63) is 71.7 Å². The summed E-state index contributed by atoms with van der Waals surface area (Å²) in [6, 6.07) is 12.1. The second-order valence-electron chi connectivity index (χ2n) is 6.26. The number of ether oxygens (including phenoxy) is 1. The van der Waals surface area contributed by atoms with Crippen LogP contribution in [0.15, 0.2) is 49.2 Å². The normalized spacial score (nSPS) is 12.8. The zero-order chi connectivity index (χ0) is 17.2. The zero-order valence-corrected chi connectivity index (χ0v) is 14.0. The van der Waals surface area contributed by atoms with Gasteiger partial charge < -0.3 is 9.30 Å². The van der Waals surface area contributed by atoms with Gasteiger partial charge in [-0.15, -0.1) is 0 Å². The number of aryl methyl sites for hydroxylation is 1. The first kappa shape index (κ1) is 15.5. The van der Waals surface area contributed by atoms with E-state index in [1.165, 1.54) is 28.6 Å². The van der Waals surface area contributed by atoms with Gasteiger partial charge in [-0.25, -0.2) is 0 Å². The highest BCUT2D eigenvalue weighted by Crippen LogP contribution is 2.34. The summed E-state index contributed by atoms with van der Waals surface area (Å²) < 4.78 is 8.10. The number of benzene rings is 1. The zero-order valence-electron chi connectivity index (χ0n) is 14.0. The molecule has 4 rings (SSSR count). The highest BCUT2D eigenvalue weighted by Gasteiger charge is 2.22. The van der Waals surface area contributed by atoms with Gasteiger partial charge in [-0.1, -0.05) is 12.7 Å². The van der Waals surface area contributed by atoms with Gasteiger partial charge in [-0.2, -0.15) is 5.26 Å².